The quantitative estimate of drug-likeness (QED) is 0.588. The van der Waals surface area contributed by atoms with E-state index < -0.39 is 0 Å². The Morgan fingerprint density at radius 1 is 1.44 bits per heavy atom. The molecule has 1 nitrogen and oxygen atoms in total. The molecule has 3 heteroatoms. The van der Waals surface area contributed by atoms with Crippen LogP contribution in [0, 0.1) is 0 Å². The van der Waals surface area contributed by atoms with Crippen molar-refractivity contribution in [2.24, 2.45) is 0 Å². The number of halogens is 1. The second kappa shape index (κ2) is 5.39. The van der Waals surface area contributed by atoms with Crippen molar-refractivity contribution < 1.29 is 0 Å². The molecule has 0 spiro atoms. The summed E-state index contributed by atoms with van der Waals surface area (Å²) in [6, 6.07) is 0.755. The van der Waals surface area contributed by atoms with Gasteiger partial charge in [0.05, 0.1) is 0 Å². The lowest BCUT2D eigenvalue weighted by Gasteiger charge is -2.05. The van der Waals surface area contributed by atoms with Crippen molar-refractivity contribution in [2.75, 3.05) is 18.1 Å². The van der Waals surface area contributed by atoms with Crippen molar-refractivity contribution in [1.29, 1.82) is 0 Å². The van der Waals surface area contributed by atoms with E-state index in [2.05, 4.69) is 24.0 Å². The standard InChI is InChI=1S/C6H13NS.ClH/c1-6-2-4-8-5-3-7-6;/h6-7H,2-5H2,1H3;1H. The molecular weight excluding hydrogens is 154 g/mol. The molecular formula is C6H14ClNS. The van der Waals surface area contributed by atoms with E-state index >= 15 is 0 Å². The third-order valence-electron chi connectivity index (χ3n) is 1.43. The highest BCUT2D eigenvalue weighted by Crippen LogP contribution is 2.07. The van der Waals surface area contributed by atoms with Gasteiger partial charge in [-0.1, -0.05) is 0 Å². The lowest BCUT2D eigenvalue weighted by atomic mass is 10.3. The maximum Gasteiger partial charge on any atom is 0.00582 e. The van der Waals surface area contributed by atoms with Gasteiger partial charge in [0.2, 0.25) is 0 Å². The molecule has 1 fully saturated rings. The van der Waals surface area contributed by atoms with Crippen LogP contribution in [0.1, 0.15) is 13.3 Å². The van der Waals surface area contributed by atoms with Gasteiger partial charge in [0.15, 0.2) is 0 Å². The van der Waals surface area contributed by atoms with E-state index in [0.717, 1.165) is 6.04 Å². The molecule has 0 radical (unpaired) electrons. The van der Waals surface area contributed by atoms with Crippen LogP contribution in [0.3, 0.4) is 0 Å². The average molecular weight is 168 g/mol. The lowest BCUT2D eigenvalue weighted by molar-refractivity contribution is 0.567. The molecule has 1 N–H and O–H groups in total. The van der Waals surface area contributed by atoms with Crippen LogP contribution in [-0.2, 0) is 0 Å². The van der Waals surface area contributed by atoms with Gasteiger partial charge in [-0.25, -0.2) is 0 Å². The van der Waals surface area contributed by atoms with Gasteiger partial charge in [-0.05, 0) is 19.1 Å². The Morgan fingerprint density at radius 3 is 3.00 bits per heavy atom. The predicted molar refractivity (Wildman–Crippen MR) is 46.7 cm³/mol. The van der Waals surface area contributed by atoms with E-state index in [9.17, 15) is 0 Å². The van der Waals surface area contributed by atoms with Crippen LogP contribution >= 0.6 is 24.2 Å². The Kier molecular flexibility index (Phi) is 5.75. The molecule has 0 bridgehead atoms. The maximum atomic E-state index is 3.42. The van der Waals surface area contributed by atoms with Crippen molar-refractivity contribution in [3.63, 3.8) is 0 Å². The number of hydrogen-bond donors (Lipinski definition) is 1. The molecule has 0 saturated carbocycles. The Bertz CT molecular complexity index is 62.1. The van der Waals surface area contributed by atoms with Crippen molar-refractivity contribution in [1.82, 2.24) is 5.32 Å². The molecule has 1 heterocycles. The van der Waals surface area contributed by atoms with Crippen LogP contribution in [-0.4, -0.2) is 24.1 Å². The molecule has 0 aliphatic carbocycles. The molecule has 1 aliphatic rings. The van der Waals surface area contributed by atoms with E-state index in [0.29, 0.717) is 0 Å². The summed E-state index contributed by atoms with van der Waals surface area (Å²) in [4.78, 5) is 0. The van der Waals surface area contributed by atoms with E-state index in [1.807, 2.05) is 0 Å². The minimum Gasteiger partial charge on any atom is -0.313 e. The van der Waals surface area contributed by atoms with Gasteiger partial charge in [0.1, 0.15) is 0 Å². The summed E-state index contributed by atoms with van der Waals surface area (Å²) >= 11 is 2.06. The van der Waals surface area contributed by atoms with Gasteiger partial charge in [0, 0.05) is 18.3 Å². The normalized spacial score (nSPS) is 28.3. The van der Waals surface area contributed by atoms with Crippen LogP contribution in [0.15, 0.2) is 0 Å². The molecule has 0 aromatic heterocycles. The van der Waals surface area contributed by atoms with Gasteiger partial charge in [-0.15, -0.1) is 12.4 Å². The Morgan fingerprint density at radius 2 is 2.22 bits per heavy atom. The third kappa shape index (κ3) is 4.06. The van der Waals surface area contributed by atoms with Crippen LogP contribution in [0.2, 0.25) is 0 Å². The van der Waals surface area contributed by atoms with Crippen molar-refractivity contribution >= 4 is 24.2 Å². The zero-order valence-corrected chi connectivity index (χ0v) is 7.36. The lowest BCUT2D eigenvalue weighted by Crippen LogP contribution is -2.25. The first-order chi connectivity index (χ1) is 3.89. The first kappa shape index (κ1) is 9.60. The highest BCUT2D eigenvalue weighted by atomic mass is 35.5. The fraction of sp³-hybridized carbons (Fsp3) is 1.00. The largest absolute Gasteiger partial charge is 0.313 e. The van der Waals surface area contributed by atoms with Gasteiger partial charge in [0.25, 0.3) is 0 Å². The Hall–Kier alpha value is 0.600. The summed E-state index contributed by atoms with van der Waals surface area (Å²) in [5, 5.41) is 3.42. The van der Waals surface area contributed by atoms with Gasteiger partial charge < -0.3 is 5.32 Å². The van der Waals surface area contributed by atoms with Crippen LogP contribution in [0.4, 0.5) is 0 Å². The number of nitrogens with one attached hydrogen (secondary N) is 1. The molecule has 0 amide bonds. The number of hydrogen-bond acceptors (Lipinski definition) is 2. The monoisotopic (exact) mass is 167 g/mol. The van der Waals surface area contributed by atoms with Crippen molar-refractivity contribution in [3.05, 3.63) is 0 Å². The van der Waals surface area contributed by atoms with E-state index in [4.69, 9.17) is 0 Å². The molecule has 9 heavy (non-hydrogen) atoms. The summed E-state index contributed by atoms with van der Waals surface area (Å²) < 4.78 is 0. The fourth-order valence-corrected chi connectivity index (χ4v) is 1.83. The smallest absolute Gasteiger partial charge is 0.00582 e. The molecule has 0 aromatic rings. The summed E-state index contributed by atoms with van der Waals surface area (Å²) in [6.07, 6.45) is 1.34. The summed E-state index contributed by atoms with van der Waals surface area (Å²) in [7, 11) is 0. The Labute approximate surface area is 67.4 Å². The second-order valence-electron chi connectivity index (χ2n) is 2.26. The van der Waals surface area contributed by atoms with Crippen molar-refractivity contribution in [2.45, 2.75) is 19.4 Å². The molecule has 1 unspecified atom stereocenters. The van der Waals surface area contributed by atoms with E-state index in [1.165, 1.54) is 24.5 Å². The number of rotatable bonds is 0. The molecule has 1 aliphatic heterocycles. The third-order valence-corrected chi connectivity index (χ3v) is 2.45. The maximum absolute atomic E-state index is 3.42. The van der Waals surface area contributed by atoms with Crippen LogP contribution < -0.4 is 5.32 Å². The average Bonchev–Trinajstić information content (AvgIpc) is 1.94. The minimum atomic E-state index is 0. The van der Waals surface area contributed by atoms with E-state index in [-0.39, 0.29) is 12.4 Å². The summed E-state index contributed by atoms with van der Waals surface area (Å²) in [6.45, 7) is 3.46. The zero-order chi connectivity index (χ0) is 5.82. The van der Waals surface area contributed by atoms with Gasteiger partial charge in [-0.3, -0.25) is 0 Å². The SMILES string of the molecule is CC1CCSCCN1.Cl. The molecule has 56 valence electrons. The molecule has 1 atom stereocenters. The van der Waals surface area contributed by atoms with Gasteiger partial charge in [-0.2, -0.15) is 11.8 Å². The number of thioether (sulfide) groups is 1. The van der Waals surface area contributed by atoms with Crippen molar-refractivity contribution in [3.8, 4) is 0 Å². The highest BCUT2D eigenvalue weighted by molar-refractivity contribution is 7.99. The van der Waals surface area contributed by atoms with Crippen LogP contribution in [0.25, 0.3) is 0 Å². The summed E-state index contributed by atoms with van der Waals surface area (Å²) in [5.74, 6) is 2.64. The van der Waals surface area contributed by atoms with Gasteiger partial charge >= 0.3 is 0 Å². The molecule has 1 rings (SSSR count). The fourth-order valence-electron chi connectivity index (χ4n) is 0.842. The first-order valence-electron chi connectivity index (χ1n) is 3.21. The summed E-state index contributed by atoms with van der Waals surface area (Å²) in [5.41, 5.74) is 0. The highest BCUT2D eigenvalue weighted by Gasteiger charge is 2.03. The molecule has 1 saturated heterocycles. The Balaban J connectivity index is 0.000000640. The first-order valence-corrected chi connectivity index (χ1v) is 4.36. The van der Waals surface area contributed by atoms with Crippen LogP contribution in [0.5, 0.6) is 0 Å². The minimum absolute atomic E-state index is 0. The zero-order valence-electron chi connectivity index (χ0n) is 5.72. The predicted octanol–water partition coefficient (Wildman–Crippen LogP) is 1.52. The topological polar surface area (TPSA) is 12.0 Å². The molecule has 0 aromatic carbocycles. The van der Waals surface area contributed by atoms with E-state index in [1.54, 1.807) is 0 Å². The second-order valence-corrected chi connectivity index (χ2v) is 3.48.